The topological polar surface area (TPSA) is 26.3 Å². The van der Waals surface area contributed by atoms with Crippen LogP contribution in [0, 0.1) is 12.7 Å². The summed E-state index contributed by atoms with van der Waals surface area (Å²) < 4.78 is 19.2. The molecule has 0 aromatic heterocycles. The highest BCUT2D eigenvalue weighted by Crippen LogP contribution is 2.53. The third-order valence-electron chi connectivity index (χ3n) is 3.32. The predicted octanol–water partition coefficient (Wildman–Crippen LogP) is 2.76. The minimum Gasteiger partial charge on any atom is -0.496 e. The molecule has 0 amide bonds. The maximum atomic E-state index is 14.0. The number of methoxy groups -OCH3 is 1. The first kappa shape index (κ1) is 11.1. The van der Waals surface area contributed by atoms with Gasteiger partial charge in [0.15, 0.2) is 0 Å². The summed E-state index contributed by atoms with van der Waals surface area (Å²) in [6, 6.07) is 3.24. The highest BCUT2D eigenvalue weighted by Gasteiger charge is 2.52. The monoisotopic (exact) mass is 222 g/mol. The van der Waals surface area contributed by atoms with E-state index in [0.29, 0.717) is 11.3 Å². The van der Waals surface area contributed by atoms with E-state index < -0.39 is 5.41 Å². The molecule has 0 bridgehead atoms. The van der Waals surface area contributed by atoms with Crippen molar-refractivity contribution in [3.63, 3.8) is 0 Å². The molecule has 1 fully saturated rings. The van der Waals surface area contributed by atoms with Crippen LogP contribution in [0.2, 0.25) is 0 Å². The molecule has 1 aliphatic carbocycles. The van der Waals surface area contributed by atoms with Crippen LogP contribution < -0.4 is 4.74 Å². The summed E-state index contributed by atoms with van der Waals surface area (Å²) in [7, 11) is 1.51. The van der Waals surface area contributed by atoms with Crippen molar-refractivity contribution in [3.05, 3.63) is 29.1 Å². The minimum absolute atomic E-state index is 0.0218. The van der Waals surface area contributed by atoms with Gasteiger partial charge in [-0.05, 0) is 44.4 Å². The zero-order valence-electron chi connectivity index (χ0n) is 9.76. The molecule has 0 aliphatic heterocycles. The number of hydrogen-bond donors (Lipinski definition) is 0. The maximum absolute atomic E-state index is 14.0. The number of benzene rings is 1. The van der Waals surface area contributed by atoms with Crippen molar-refractivity contribution in [1.82, 2.24) is 0 Å². The van der Waals surface area contributed by atoms with Gasteiger partial charge in [0.05, 0.1) is 12.5 Å². The lowest BCUT2D eigenvalue weighted by Crippen LogP contribution is -2.20. The largest absolute Gasteiger partial charge is 0.496 e. The van der Waals surface area contributed by atoms with Gasteiger partial charge in [0.1, 0.15) is 17.3 Å². The molecule has 3 heteroatoms. The molecular formula is C13H15FO2. The van der Waals surface area contributed by atoms with Gasteiger partial charge in [0.25, 0.3) is 0 Å². The fourth-order valence-electron chi connectivity index (χ4n) is 2.24. The third-order valence-corrected chi connectivity index (χ3v) is 3.32. The van der Waals surface area contributed by atoms with Gasteiger partial charge in [-0.2, -0.15) is 0 Å². The Labute approximate surface area is 94.4 Å². The van der Waals surface area contributed by atoms with Crippen LogP contribution in [-0.2, 0) is 10.2 Å². The van der Waals surface area contributed by atoms with Crippen molar-refractivity contribution in [2.45, 2.75) is 32.1 Å². The Hall–Kier alpha value is -1.38. The van der Waals surface area contributed by atoms with Crippen LogP contribution in [0.4, 0.5) is 4.39 Å². The SMILES string of the molecule is COc1cc(C)cc(F)c1C1(C(C)=O)CC1. The van der Waals surface area contributed by atoms with Crippen molar-refractivity contribution >= 4 is 5.78 Å². The number of carbonyl (C=O) groups is 1. The Morgan fingerprint density at radius 2 is 2.06 bits per heavy atom. The molecule has 1 aromatic carbocycles. The second-order valence-electron chi connectivity index (χ2n) is 4.46. The second kappa shape index (κ2) is 3.58. The van der Waals surface area contributed by atoms with E-state index in [1.165, 1.54) is 20.1 Å². The van der Waals surface area contributed by atoms with Crippen molar-refractivity contribution in [2.75, 3.05) is 7.11 Å². The van der Waals surface area contributed by atoms with E-state index in [9.17, 15) is 9.18 Å². The number of halogens is 1. The van der Waals surface area contributed by atoms with Gasteiger partial charge in [0, 0.05) is 5.56 Å². The Kier molecular flexibility index (Phi) is 2.49. The summed E-state index contributed by atoms with van der Waals surface area (Å²) >= 11 is 0. The zero-order chi connectivity index (χ0) is 11.9. The van der Waals surface area contributed by atoms with Crippen LogP contribution in [-0.4, -0.2) is 12.9 Å². The normalized spacial score (nSPS) is 17.0. The minimum atomic E-state index is -0.622. The van der Waals surface area contributed by atoms with Crippen molar-refractivity contribution < 1.29 is 13.9 Å². The zero-order valence-corrected chi connectivity index (χ0v) is 9.76. The molecule has 1 saturated carbocycles. The summed E-state index contributed by atoms with van der Waals surface area (Å²) in [5.41, 5.74) is 0.619. The first-order valence-electron chi connectivity index (χ1n) is 5.37. The van der Waals surface area contributed by atoms with Crippen LogP contribution in [0.15, 0.2) is 12.1 Å². The van der Waals surface area contributed by atoms with Gasteiger partial charge in [-0.1, -0.05) is 0 Å². The maximum Gasteiger partial charge on any atom is 0.140 e. The third kappa shape index (κ3) is 1.51. The van der Waals surface area contributed by atoms with Gasteiger partial charge < -0.3 is 4.74 Å². The molecule has 0 unspecified atom stereocenters. The van der Waals surface area contributed by atoms with Crippen molar-refractivity contribution in [2.24, 2.45) is 0 Å². The molecule has 0 saturated heterocycles. The predicted molar refractivity (Wildman–Crippen MR) is 59.3 cm³/mol. The van der Waals surface area contributed by atoms with Gasteiger partial charge >= 0.3 is 0 Å². The summed E-state index contributed by atoms with van der Waals surface area (Å²) in [6.45, 7) is 3.33. The van der Waals surface area contributed by atoms with Gasteiger partial charge in [0.2, 0.25) is 0 Å². The second-order valence-corrected chi connectivity index (χ2v) is 4.46. The summed E-state index contributed by atoms with van der Waals surface area (Å²) in [5.74, 6) is 0.184. The highest BCUT2D eigenvalue weighted by atomic mass is 19.1. The number of aryl methyl sites for hydroxylation is 1. The number of ketones is 1. The average molecular weight is 222 g/mol. The molecule has 0 N–H and O–H groups in total. The highest BCUT2D eigenvalue weighted by molar-refractivity contribution is 5.92. The molecule has 16 heavy (non-hydrogen) atoms. The lowest BCUT2D eigenvalue weighted by Gasteiger charge is -2.17. The number of Topliss-reactive ketones (excluding diaryl/α,β-unsaturated/α-hetero) is 1. The molecule has 86 valence electrons. The molecule has 0 atom stereocenters. The Bertz CT molecular complexity index is 447. The van der Waals surface area contributed by atoms with Crippen LogP contribution in [0.5, 0.6) is 5.75 Å². The van der Waals surface area contributed by atoms with E-state index in [-0.39, 0.29) is 11.6 Å². The average Bonchev–Trinajstić information content (AvgIpc) is 2.97. The molecule has 2 nitrogen and oxygen atoms in total. The lowest BCUT2D eigenvalue weighted by molar-refractivity contribution is -0.119. The van der Waals surface area contributed by atoms with E-state index in [0.717, 1.165) is 18.4 Å². The standard InChI is InChI=1S/C13H15FO2/c1-8-6-10(14)12(11(7-8)16-3)13(4-5-13)9(2)15/h6-7H,4-5H2,1-3H3. The number of carbonyl (C=O) groups excluding carboxylic acids is 1. The smallest absolute Gasteiger partial charge is 0.140 e. The molecule has 1 aliphatic rings. The first-order chi connectivity index (χ1) is 7.51. The van der Waals surface area contributed by atoms with Gasteiger partial charge in [-0.15, -0.1) is 0 Å². The van der Waals surface area contributed by atoms with E-state index >= 15 is 0 Å². The van der Waals surface area contributed by atoms with Crippen molar-refractivity contribution in [1.29, 1.82) is 0 Å². The number of rotatable bonds is 3. The molecule has 0 radical (unpaired) electrons. The molecule has 0 heterocycles. The Balaban J connectivity index is 2.60. The summed E-state index contributed by atoms with van der Waals surface area (Å²) in [6.07, 6.45) is 1.44. The van der Waals surface area contributed by atoms with E-state index in [4.69, 9.17) is 4.74 Å². The number of hydrogen-bond acceptors (Lipinski definition) is 2. The molecule has 0 spiro atoms. The van der Waals surface area contributed by atoms with Crippen LogP contribution in [0.3, 0.4) is 0 Å². The first-order valence-corrected chi connectivity index (χ1v) is 5.37. The van der Waals surface area contributed by atoms with E-state index in [1.807, 2.05) is 6.92 Å². The molecular weight excluding hydrogens is 207 g/mol. The quantitative estimate of drug-likeness (QED) is 0.786. The Morgan fingerprint density at radius 1 is 1.44 bits per heavy atom. The molecule has 2 rings (SSSR count). The van der Waals surface area contributed by atoms with E-state index in [1.54, 1.807) is 6.07 Å². The van der Waals surface area contributed by atoms with Gasteiger partial charge in [-0.3, -0.25) is 4.79 Å². The summed E-state index contributed by atoms with van der Waals surface area (Å²) in [5, 5.41) is 0. The number of ether oxygens (including phenoxy) is 1. The lowest BCUT2D eigenvalue weighted by atomic mass is 9.90. The Morgan fingerprint density at radius 3 is 2.50 bits per heavy atom. The van der Waals surface area contributed by atoms with Crippen LogP contribution >= 0.6 is 0 Å². The summed E-state index contributed by atoms with van der Waals surface area (Å²) in [4.78, 5) is 11.6. The fraction of sp³-hybridized carbons (Fsp3) is 0.462. The molecule has 1 aromatic rings. The van der Waals surface area contributed by atoms with Crippen molar-refractivity contribution in [3.8, 4) is 5.75 Å². The van der Waals surface area contributed by atoms with Crippen LogP contribution in [0.25, 0.3) is 0 Å². The van der Waals surface area contributed by atoms with Gasteiger partial charge in [-0.25, -0.2) is 4.39 Å². The van der Waals surface area contributed by atoms with Crippen LogP contribution in [0.1, 0.15) is 30.9 Å². The fourth-order valence-corrected chi connectivity index (χ4v) is 2.24. The van der Waals surface area contributed by atoms with E-state index in [2.05, 4.69) is 0 Å².